The number of amides is 2. The summed E-state index contributed by atoms with van der Waals surface area (Å²) in [5, 5.41) is 14.1. The summed E-state index contributed by atoms with van der Waals surface area (Å²) in [5.41, 5.74) is 3.16. The number of nitrogens with zero attached hydrogens (tertiary/aromatic N) is 4. The van der Waals surface area contributed by atoms with Crippen LogP contribution in [0.1, 0.15) is 41.5 Å². The second-order valence-electron chi connectivity index (χ2n) is 6.14. The van der Waals surface area contributed by atoms with Crippen molar-refractivity contribution in [1.82, 2.24) is 31.2 Å². The van der Waals surface area contributed by atoms with Gasteiger partial charge in [0, 0.05) is 38.3 Å². The van der Waals surface area contributed by atoms with Gasteiger partial charge in [-0.15, -0.1) is 10.3 Å². The van der Waals surface area contributed by atoms with Crippen molar-refractivity contribution < 1.29 is 9.59 Å². The highest BCUT2D eigenvalue weighted by Gasteiger charge is 2.22. The number of hydrazine groups is 2. The lowest BCUT2D eigenvalue weighted by Crippen LogP contribution is -2.50. The van der Waals surface area contributed by atoms with Gasteiger partial charge in [0.2, 0.25) is 5.12 Å². The lowest BCUT2D eigenvalue weighted by atomic mass is 10.4. The highest BCUT2D eigenvalue weighted by Crippen LogP contribution is 2.19. The number of hydrogen-bond acceptors (Lipinski definition) is 8. The number of hydrazone groups is 1. The van der Waals surface area contributed by atoms with Crippen molar-refractivity contribution in [2.75, 3.05) is 32.7 Å². The van der Waals surface area contributed by atoms with Gasteiger partial charge in [-0.05, 0) is 39.5 Å². The molecule has 0 bridgehead atoms. The molecule has 0 aromatic carbocycles. The first kappa shape index (κ1) is 23.1. The maximum absolute atomic E-state index is 12.3. The summed E-state index contributed by atoms with van der Waals surface area (Å²) in [5.74, 6) is 0.798. The Morgan fingerprint density at radius 1 is 1.19 bits per heavy atom. The van der Waals surface area contributed by atoms with Crippen LogP contribution in [0.15, 0.2) is 16.2 Å². The number of thioether (sulfide) groups is 1. The van der Waals surface area contributed by atoms with E-state index in [2.05, 4.69) is 39.9 Å². The molecule has 0 saturated carbocycles. The highest BCUT2D eigenvalue weighted by atomic mass is 32.2. The van der Waals surface area contributed by atoms with Crippen molar-refractivity contribution in [2.45, 2.75) is 47.6 Å². The average Bonchev–Trinajstić information content (AvgIpc) is 2.61. The average molecular weight is 400 g/mol. The van der Waals surface area contributed by atoms with Crippen LogP contribution in [-0.4, -0.2) is 70.9 Å². The minimum atomic E-state index is -0.348. The Balaban J connectivity index is 2.80. The Morgan fingerprint density at radius 3 is 2.33 bits per heavy atom. The van der Waals surface area contributed by atoms with E-state index < -0.39 is 0 Å². The molecule has 0 unspecified atom stereocenters. The molecule has 27 heavy (non-hydrogen) atoms. The molecule has 0 spiro atoms. The molecule has 9 nitrogen and oxygen atoms in total. The number of carbonyl (C=O) groups excluding carboxylic acids is 2. The zero-order valence-electron chi connectivity index (χ0n) is 17.2. The van der Waals surface area contributed by atoms with Crippen LogP contribution in [0.2, 0.25) is 0 Å². The molecule has 0 aromatic rings. The quantitative estimate of drug-likeness (QED) is 0.541. The minimum absolute atomic E-state index is 0.0194. The van der Waals surface area contributed by atoms with E-state index in [1.54, 1.807) is 5.23 Å². The Labute approximate surface area is 166 Å². The molecule has 3 N–H and O–H groups in total. The normalized spacial score (nSPS) is 13.9. The van der Waals surface area contributed by atoms with Crippen LogP contribution in [0.4, 0.5) is 4.79 Å². The monoisotopic (exact) mass is 399 g/mol. The van der Waals surface area contributed by atoms with Crippen LogP contribution in [0.5, 0.6) is 0 Å². The van der Waals surface area contributed by atoms with Crippen molar-refractivity contribution in [3.63, 3.8) is 0 Å². The zero-order chi connectivity index (χ0) is 20.4. The molecule has 0 saturated heterocycles. The summed E-state index contributed by atoms with van der Waals surface area (Å²) >= 11 is 1.06. The van der Waals surface area contributed by atoms with Gasteiger partial charge in [0.25, 0.3) is 0 Å². The zero-order valence-corrected chi connectivity index (χ0v) is 18.0. The van der Waals surface area contributed by atoms with Gasteiger partial charge in [0.15, 0.2) is 5.84 Å². The first-order chi connectivity index (χ1) is 12.8. The van der Waals surface area contributed by atoms with Crippen molar-refractivity contribution in [3.8, 4) is 0 Å². The van der Waals surface area contributed by atoms with E-state index in [0.717, 1.165) is 43.8 Å². The first-order valence-corrected chi connectivity index (χ1v) is 10.3. The molecule has 1 heterocycles. The van der Waals surface area contributed by atoms with E-state index in [4.69, 9.17) is 0 Å². The number of amidine groups is 1. The van der Waals surface area contributed by atoms with Crippen molar-refractivity contribution in [2.24, 2.45) is 5.10 Å². The van der Waals surface area contributed by atoms with Crippen molar-refractivity contribution >= 4 is 28.7 Å². The minimum Gasteiger partial charge on any atom is -0.356 e. The fourth-order valence-corrected chi connectivity index (χ4v) is 3.08. The molecule has 0 radical (unpaired) electrons. The van der Waals surface area contributed by atoms with Gasteiger partial charge >= 0.3 is 6.03 Å². The van der Waals surface area contributed by atoms with Gasteiger partial charge in [-0.1, -0.05) is 13.8 Å². The molecule has 1 aliphatic rings. The summed E-state index contributed by atoms with van der Waals surface area (Å²) in [6, 6.07) is -0.328. The molecule has 0 atom stereocenters. The van der Waals surface area contributed by atoms with Crippen LogP contribution < -0.4 is 16.1 Å². The third-order valence-electron chi connectivity index (χ3n) is 3.79. The summed E-state index contributed by atoms with van der Waals surface area (Å²) < 4.78 is 0. The Morgan fingerprint density at radius 2 is 1.81 bits per heavy atom. The van der Waals surface area contributed by atoms with Gasteiger partial charge in [-0.25, -0.2) is 4.79 Å². The number of rotatable bonds is 9. The third-order valence-corrected chi connectivity index (χ3v) is 4.59. The largest absolute Gasteiger partial charge is 0.356 e. The Hall–Kier alpha value is -1.94. The number of nitrogens with one attached hydrogen (secondary N) is 3. The molecule has 0 fully saturated rings. The van der Waals surface area contributed by atoms with E-state index in [0.29, 0.717) is 5.03 Å². The highest BCUT2D eigenvalue weighted by molar-refractivity contribution is 8.17. The van der Waals surface area contributed by atoms with Crippen LogP contribution in [-0.2, 0) is 4.79 Å². The van der Waals surface area contributed by atoms with E-state index in [-0.39, 0.29) is 23.7 Å². The summed E-state index contributed by atoms with van der Waals surface area (Å²) in [6.07, 6.45) is 1.86. The predicted molar refractivity (Wildman–Crippen MR) is 111 cm³/mol. The summed E-state index contributed by atoms with van der Waals surface area (Å²) in [6.45, 7) is 15.1. The Bertz CT molecular complexity index is 557. The maximum atomic E-state index is 12.3. The van der Waals surface area contributed by atoms with Crippen LogP contribution in [0.3, 0.4) is 0 Å². The molecule has 1 aliphatic heterocycles. The number of hydrogen-bond donors (Lipinski definition) is 3. The smallest absolute Gasteiger partial charge is 0.315 e. The topological polar surface area (TPSA) is 92.3 Å². The standard InChI is InChI=1S/C17H33N7O2S/c1-7-22(8-2)14-11-15(21-24(20-14)23(9-3)10-4)27-16(25)12-18-17(26)19-13(5)6/h11,13,21H,7-10,12H2,1-6H3,(H2,18,19,26). The van der Waals surface area contributed by atoms with Crippen LogP contribution >= 0.6 is 11.8 Å². The number of urea groups is 1. The Kier molecular flexibility index (Phi) is 10.0. The molecular weight excluding hydrogens is 366 g/mol. The van der Waals surface area contributed by atoms with E-state index >= 15 is 0 Å². The van der Waals surface area contributed by atoms with Crippen molar-refractivity contribution in [3.05, 3.63) is 11.1 Å². The molecule has 10 heteroatoms. The number of likely N-dealkylation sites (N-methyl/N-ethyl adjacent to an activating group) is 1. The van der Waals surface area contributed by atoms with Gasteiger partial charge < -0.3 is 15.5 Å². The lowest BCUT2D eigenvalue weighted by molar-refractivity contribution is -0.110. The van der Waals surface area contributed by atoms with Crippen LogP contribution in [0.25, 0.3) is 0 Å². The van der Waals surface area contributed by atoms with Gasteiger partial charge in [-0.2, -0.15) is 5.01 Å². The molecular formula is C17H33N7O2S. The molecule has 2 amide bonds. The summed E-state index contributed by atoms with van der Waals surface area (Å²) in [7, 11) is 0. The first-order valence-electron chi connectivity index (χ1n) is 9.46. The van der Waals surface area contributed by atoms with Gasteiger partial charge in [0.1, 0.15) is 5.03 Å². The van der Waals surface area contributed by atoms with Gasteiger partial charge in [0.05, 0.1) is 6.54 Å². The second kappa shape index (κ2) is 11.7. The van der Waals surface area contributed by atoms with Crippen molar-refractivity contribution in [1.29, 1.82) is 0 Å². The van der Waals surface area contributed by atoms with Crippen LogP contribution in [0, 0.1) is 0 Å². The SMILES string of the molecule is CCN(CC)C1=NN(N(CC)CC)NC(SC(=O)CNC(=O)NC(C)C)=C1. The predicted octanol–water partition coefficient (Wildman–Crippen LogP) is 1.53. The fraction of sp³-hybridized carbons (Fsp3) is 0.706. The maximum Gasteiger partial charge on any atom is 0.315 e. The molecule has 0 aliphatic carbocycles. The van der Waals surface area contributed by atoms with E-state index in [9.17, 15) is 9.59 Å². The lowest BCUT2D eigenvalue weighted by Gasteiger charge is -2.36. The van der Waals surface area contributed by atoms with E-state index in [1.165, 1.54) is 0 Å². The third kappa shape index (κ3) is 7.67. The molecule has 1 rings (SSSR count). The molecule has 154 valence electrons. The summed E-state index contributed by atoms with van der Waals surface area (Å²) in [4.78, 5) is 26.0. The molecule has 0 aromatic heterocycles. The van der Waals surface area contributed by atoms with E-state index in [1.807, 2.05) is 38.8 Å². The second-order valence-corrected chi connectivity index (χ2v) is 7.23. The van der Waals surface area contributed by atoms with Gasteiger partial charge in [-0.3, -0.25) is 10.2 Å². The fourth-order valence-electron chi connectivity index (χ4n) is 2.40. The number of carbonyl (C=O) groups is 2.